The highest BCUT2D eigenvalue weighted by molar-refractivity contribution is 5.06. The fourth-order valence-corrected chi connectivity index (χ4v) is 1.37. The van der Waals surface area contributed by atoms with Gasteiger partial charge in [-0.05, 0) is 13.3 Å². The van der Waals surface area contributed by atoms with Gasteiger partial charge in [0.2, 0.25) is 0 Å². The van der Waals surface area contributed by atoms with Crippen LogP contribution in [0.2, 0.25) is 0 Å². The molecule has 0 amide bonds. The summed E-state index contributed by atoms with van der Waals surface area (Å²) in [5.41, 5.74) is 0. The SMILES string of the molecule is CCCC(C)c1oc(=O)oc1C. The van der Waals surface area contributed by atoms with Crippen LogP contribution in [0, 0.1) is 6.92 Å². The zero-order chi connectivity index (χ0) is 9.14. The first kappa shape index (κ1) is 9.10. The van der Waals surface area contributed by atoms with Crippen molar-refractivity contribution in [3.05, 3.63) is 22.1 Å². The normalized spacial score (nSPS) is 13.2. The minimum absolute atomic E-state index is 0.279. The standard InChI is InChI=1S/C9H14O3/c1-4-5-6(2)8-7(3)11-9(10)12-8/h6H,4-5H2,1-3H3. The molecule has 0 aromatic carbocycles. The molecule has 12 heavy (non-hydrogen) atoms. The summed E-state index contributed by atoms with van der Waals surface area (Å²) in [4.78, 5) is 10.7. The molecule has 0 aliphatic rings. The van der Waals surface area contributed by atoms with Crippen molar-refractivity contribution < 1.29 is 8.83 Å². The summed E-state index contributed by atoms with van der Waals surface area (Å²) in [5, 5.41) is 0. The average molecular weight is 170 g/mol. The van der Waals surface area contributed by atoms with Crippen LogP contribution in [0.25, 0.3) is 0 Å². The van der Waals surface area contributed by atoms with Crippen LogP contribution < -0.4 is 5.82 Å². The second-order valence-electron chi connectivity index (χ2n) is 3.06. The van der Waals surface area contributed by atoms with Crippen LogP contribution >= 0.6 is 0 Å². The lowest BCUT2D eigenvalue weighted by atomic mass is 10.0. The third kappa shape index (κ3) is 1.78. The van der Waals surface area contributed by atoms with Crippen molar-refractivity contribution in [2.45, 2.75) is 39.5 Å². The molecule has 0 saturated heterocycles. The second kappa shape index (κ2) is 3.61. The first-order chi connectivity index (χ1) is 5.65. The largest absolute Gasteiger partial charge is 0.519 e. The highest BCUT2D eigenvalue weighted by Gasteiger charge is 2.14. The molecule has 0 spiro atoms. The Balaban J connectivity index is 2.86. The number of rotatable bonds is 3. The summed E-state index contributed by atoms with van der Waals surface area (Å²) in [6, 6.07) is 0. The third-order valence-electron chi connectivity index (χ3n) is 1.95. The van der Waals surface area contributed by atoms with Crippen LogP contribution in [0.3, 0.4) is 0 Å². The van der Waals surface area contributed by atoms with E-state index < -0.39 is 5.82 Å². The lowest BCUT2D eigenvalue weighted by molar-refractivity contribution is 0.360. The molecule has 1 aromatic heterocycles. The summed E-state index contributed by atoms with van der Waals surface area (Å²) >= 11 is 0. The van der Waals surface area contributed by atoms with Crippen molar-refractivity contribution in [1.29, 1.82) is 0 Å². The van der Waals surface area contributed by atoms with Gasteiger partial charge in [-0.25, -0.2) is 4.79 Å². The summed E-state index contributed by atoms with van der Waals surface area (Å²) in [5.74, 6) is 0.995. The van der Waals surface area contributed by atoms with Gasteiger partial charge in [-0.1, -0.05) is 20.3 Å². The van der Waals surface area contributed by atoms with Crippen LogP contribution in [0.15, 0.2) is 13.6 Å². The van der Waals surface area contributed by atoms with Gasteiger partial charge >= 0.3 is 5.82 Å². The first-order valence-electron chi connectivity index (χ1n) is 4.25. The lowest BCUT2D eigenvalue weighted by Gasteiger charge is -2.04. The number of hydrogen-bond acceptors (Lipinski definition) is 3. The quantitative estimate of drug-likeness (QED) is 0.699. The fraction of sp³-hybridized carbons (Fsp3) is 0.667. The molecule has 0 radical (unpaired) electrons. The maximum Gasteiger partial charge on any atom is 0.519 e. The molecule has 0 aliphatic heterocycles. The Morgan fingerprint density at radius 1 is 1.42 bits per heavy atom. The molecule has 0 N–H and O–H groups in total. The van der Waals surface area contributed by atoms with Gasteiger partial charge in [0, 0.05) is 5.92 Å². The fourth-order valence-electron chi connectivity index (χ4n) is 1.37. The predicted molar refractivity (Wildman–Crippen MR) is 45.3 cm³/mol. The van der Waals surface area contributed by atoms with Crippen LogP contribution in [0.1, 0.15) is 44.1 Å². The van der Waals surface area contributed by atoms with E-state index in [0.717, 1.165) is 12.8 Å². The lowest BCUT2D eigenvalue weighted by Crippen LogP contribution is -1.93. The minimum Gasteiger partial charge on any atom is -0.396 e. The van der Waals surface area contributed by atoms with Gasteiger partial charge in [-0.15, -0.1) is 0 Å². The van der Waals surface area contributed by atoms with Gasteiger partial charge < -0.3 is 8.83 Å². The van der Waals surface area contributed by atoms with Crippen molar-refractivity contribution in [2.24, 2.45) is 0 Å². The van der Waals surface area contributed by atoms with Gasteiger partial charge in [0.25, 0.3) is 0 Å². The first-order valence-corrected chi connectivity index (χ1v) is 4.25. The Labute approximate surface area is 71.4 Å². The van der Waals surface area contributed by atoms with Gasteiger partial charge in [0.05, 0.1) is 0 Å². The molecule has 1 heterocycles. The van der Waals surface area contributed by atoms with E-state index in [1.165, 1.54) is 0 Å². The molecule has 3 heteroatoms. The van der Waals surface area contributed by atoms with Gasteiger partial charge in [0.15, 0.2) is 5.76 Å². The van der Waals surface area contributed by atoms with Crippen LogP contribution in [0.4, 0.5) is 0 Å². The second-order valence-corrected chi connectivity index (χ2v) is 3.06. The van der Waals surface area contributed by atoms with Gasteiger partial charge in [-0.2, -0.15) is 0 Å². The molecule has 1 aromatic rings. The van der Waals surface area contributed by atoms with E-state index in [2.05, 4.69) is 6.92 Å². The van der Waals surface area contributed by atoms with Crippen LogP contribution in [0.5, 0.6) is 0 Å². The van der Waals surface area contributed by atoms with Crippen LogP contribution in [-0.4, -0.2) is 0 Å². The van der Waals surface area contributed by atoms with Crippen LogP contribution in [-0.2, 0) is 0 Å². The van der Waals surface area contributed by atoms with Gasteiger partial charge in [-0.3, -0.25) is 0 Å². The summed E-state index contributed by atoms with van der Waals surface area (Å²) in [7, 11) is 0. The third-order valence-corrected chi connectivity index (χ3v) is 1.95. The van der Waals surface area contributed by atoms with Gasteiger partial charge in [0.1, 0.15) is 5.76 Å². The average Bonchev–Trinajstić information content (AvgIpc) is 2.30. The highest BCUT2D eigenvalue weighted by atomic mass is 16.6. The Morgan fingerprint density at radius 2 is 2.08 bits per heavy atom. The zero-order valence-electron chi connectivity index (χ0n) is 7.72. The molecule has 0 saturated carbocycles. The molecular formula is C9H14O3. The molecule has 1 unspecified atom stereocenters. The predicted octanol–water partition coefficient (Wildman–Crippen LogP) is 2.44. The van der Waals surface area contributed by atoms with Crippen molar-refractivity contribution >= 4 is 0 Å². The van der Waals surface area contributed by atoms with E-state index in [0.29, 0.717) is 11.5 Å². The Morgan fingerprint density at radius 3 is 2.50 bits per heavy atom. The molecule has 0 bridgehead atoms. The van der Waals surface area contributed by atoms with E-state index in [1.54, 1.807) is 6.92 Å². The molecule has 0 aliphatic carbocycles. The molecule has 1 atom stereocenters. The smallest absolute Gasteiger partial charge is 0.396 e. The van der Waals surface area contributed by atoms with Crippen molar-refractivity contribution in [3.8, 4) is 0 Å². The summed E-state index contributed by atoms with van der Waals surface area (Å²) < 4.78 is 9.67. The van der Waals surface area contributed by atoms with Crippen molar-refractivity contribution in [3.63, 3.8) is 0 Å². The Bertz CT molecular complexity index is 295. The zero-order valence-corrected chi connectivity index (χ0v) is 7.72. The number of hydrogen-bond donors (Lipinski definition) is 0. The molecular weight excluding hydrogens is 156 g/mol. The topological polar surface area (TPSA) is 43.4 Å². The molecule has 3 nitrogen and oxygen atoms in total. The van der Waals surface area contributed by atoms with E-state index in [4.69, 9.17) is 8.83 Å². The molecule has 1 rings (SSSR count). The minimum atomic E-state index is -0.592. The monoisotopic (exact) mass is 170 g/mol. The highest BCUT2D eigenvalue weighted by Crippen LogP contribution is 2.22. The van der Waals surface area contributed by atoms with E-state index in [9.17, 15) is 4.79 Å². The maximum absolute atomic E-state index is 10.7. The van der Waals surface area contributed by atoms with E-state index in [1.807, 2.05) is 6.92 Å². The summed E-state index contributed by atoms with van der Waals surface area (Å²) in [6.45, 7) is 5.89. The van der Waals surface area contributed by atoms with Crippen molar-refractivity contribution in [2.75, 3.05) is 0 Å². The molecule has 0 fully saturated rings. The van der Waals surface area contributed by atoms with Crippen molar-refractivity contribution in [1.82, 2.24) is 0 Å². The Hall–Kier alpha value is -0.990. The van der Waals surface area contributed by atoms with E-state index in [-0.39, 0.29) is 5.92 Å². The maximum atomic E-state index is 10.7. The molecule has 68 valence electrons. The van der Waals surface area contributed by atoms with E-state index >= 15 is 0 Å². The Kier molecular flexibility index (Phi) is 2.74. The number of aryl methyl sites for hydroxylation is 1. The summed E-state index contributed by atoms with van der Waals surface area (Å²) in [6.07, 6.45) is 2.10.